The molecule has 1 N–H and O–H groups in total. The van der Waals surface area contributed by atoms with Crippen molar-refractivity contribution in [3.63, 3.8) is 0 Å². The van der Waals surface area contributed by atoms with E-state index in [9.17, 15) is 9.59 Å². The van der Waals surface area contributed by atoms with Crippen LogP contribution in [0.3, 0.4) is 0 Å². The first-order valence-corrected chi connectivity index (χ1v) is 12.9. The number of methoxy groups -OCH3 is 1. The predicted molar refractivity (Wildman–Crippen MR) is 143 cm³/mol. The molecule has 2 amide bonds. The van der Waals surface area contributed by atoms with Gasteiger partial charge in [0.25, 0.3) is 0 Å². The standard InChI is InChI=1S/C27H31FN4O4S/c1-17(37)29-15-23-16-32(27(34)36-23)21-4-6-25(24(28)14-21)30-7-9-31(10-8-30)26(33)20-11-18-3-5-22(35-2)13-19(18)12-20/h3-6,13-14,20,23H,7-12,15-16H2,1-2H3,(H,29,37). The number of amides is 2. The van der Waals surface area contributed by atoms with Gasteiger partial charge in [0.05, 0.1) is 36.6 Å². The molecule has 1 aliphatic carbocycles. The van der Waals surface area contributed by atoms with Crippen LogP contribution in [0.15, 0.2) is 36.4 Å². The summed E-state index contributed by atoms with van der Waals surface area (Å²) in [6, 6.07) is 10.8. The number of cyclic esters (lactones) is 1. The monoisotopic (exact) mass is 526 g/mol. The quantitative estimate of drug-likeness (QED) is 0.580. The summed E-state index contributed by atoms with van der Waals surface area (Å²) < 4.78 is 25.8. The van der Waals surface area contributed by atoms with E-state index in [-0.39, 0.29) is 17.9 Å². The van der Waals surface area contributed by atoms with E-state index < -0.39 is 11.9 Å². The van der Waals surface area contributed by atoms with Crippen LogP contribution in [0.5, 0.6) is 5.75 Å². The molecular weight excluding hydrogens is 495 g/mol. The van der Waals surface area contributed by atoms with Crippen molar-refractivity contribution >= 4 is 40.6 Å². The van der Waals surface area contributed by atoms with E-state index in [0.717, 1.165) is 18.6 Å². The number of anilines is 2. The Bertz CT molecular complexity index is 1220. The Balaban J connectivity index is 1.17. The molecule has 10 heteroatoms. The van der Waals surface area contributed by atoms with Crippen LogP contribution in [-0.2, 0) is 22.4 Å². The highest BCUT2D eigenvalue weighted by Crippen LogP contribution is 2.32. The number of rotatable bonds is 6. The molecule has 2 saturated heterocycles. The molecule has 196 valence electrons. The Morgan fingerprint density at radius 1 is 1.14 bits per heavy atom. The van der Waals surface area contributed by atoms with Crippen LogP contribution in [0.1, 0.15) is 18.1 Å². The van der Waals surface area contributed by atoms with Gasteiger partial charge in [0.15, 0.2) is 0 Å². The first kappa shape index (κ1) is 25.3. The summed E-state index contributed by atoms with van der Waals surface area (Å²) in [7, 11) is 1.65. The molecule has 2 aliphatic heterocycles. The van der Waals surface area contributed by atoms with E-state index in [0.29, 0.717) is 55.6 Å². The maximum absolute atomic E-state index is 15.1. The van der Waals surface area contributed by atoms with E-state index >= 15 is 4.39 Å². The summed E-state index contributed by atoms with van der Waals surface area (Å²) in [5.41, 5.74) is 3.31. The molecule has 2 unspecified atom stereocenters. The zero-order chi connectivity index (χ0) is 26.1. The van der Waals surface area contributed by atoms with Gasteiger partial charge in [0, 0.05) is 32.1 Å². The van der Waals surface area contributed by atoms with Gasteiger partial charge in [-0.1, -0.05) is 18.3 Å². The zero-order valence-electron chi connectivity index (χ0n) is 21.0. The van der Waals surface area contributed by atoms with Gasteiger partial charge >= 0.3 is 6.09 Å². The summed E-state index contributed by atoms with van der Waals surface area (Å²) in [5, 5.41) is 3.00. The lowest BCUT2D eigenvalue weighted by atomic mass is 10.0. The molecule has 0 bridgehead atoms. The van der Waals surface area contributed by atoms with Crippen molar-refractivity contribution in [2.45, 2.75) is 25.9 Å². The number of nitrogens with one attached hydrogen (secondary N) is 1. The number of thiocarbonyl (C=S) groups is 1. The Labute approximate surface area is 221 Å². The Morgan fingerprint density at radius 2 is 1.89 bits per heavy atom. The van der Waals surface area contributed by atoms with Gasteiger partial charge in [0.2, 0.25) is 5.91 Å². The lowest BCUT2D eigenvalue weighted by Gasteiger charge is -2.37. The van der Waals surface area contributed by atoms with E-state index in [4.69, 9.17) is 21.7 Å². The number of fused-ring (bicyclic) bond motifs is 1. The molecule has 37 heavy (non-hydrogen) atoms. The maximum atomic E-state index is 15.1. The van der Waals surface area contributed by atoms with E-state index in [2.05, 4.69) is 5.32 Å². The van der Waals surface area contributed by atoms with Crippen LogP contribution < -0.4 is 19.9 Å². The number of carbonyl (C=O) groups is 2. The molecule has 2 fully saturated rings. The van der Waals surface area contributed by atoms with E-state index in [1.54, 1.807) is 26.2 Å². The first-order valence-electron chi connectivity index (χ1n) is 12.5. The Morgan fingerprint density at radius 3 is 2.59 bits per heavy atom. The number of piperazine rings is 1. The summed E-state index contributed by atoms with van der Waals surface area (Å²) in [6.45, 7) is 4.69. The van der Waals surface area contributed by atoms with Crippen molar-refractivity contribution in [1.82, 2.24) is 10.2 Å². The van der Waals surface area contributed by atoms with Crippen molar-refractivity contribution < 1.29 is 23.5 Å². The molecule has 8 nitrogen and oxygen atoms in total. The van der Waals surface area contributed by atoms with Gasteiger partial charge in [0.1, 0.15) is 17.7 Å². The van der Waals surface area contributed by atoms with Crippen molar-refractivity contribution in [2.24, 2.45) is 5.92 Å². The van der Waals surface area contributed by atoms with Gasteiger partial charge in [-0.15, -0.1) is 0 Å². The molecule has 0 aromatic heterocycles. The average Bonchev–Trinajstić information content (AvgIpc) is 3.49. The van der Waals surface area contributed by atoms with Gasteiger partial charge in [-0.3, -0.25) is 9.69 Å². The highest BCUT2D eigenvalue weighted by Gasteiger charge is 2.34. The molecule has 0 saturated carbocycles. The number of nitrogens with zero attached hydrogens (tertiary/aromatic N) is 3. The van der Waals surface area contributed by atoms with Crippen molar-refractivity contribution in [1.29, 1.82) is 0 Å². The van der Waals surface area contributed by atoms with Gasteiger partial charge in [-0.25, -0.2) is 9.18 Å². The van der Waals surface area contributed by atoms with Crippen LogP contribution in [0, 0.1) is 11.7 Å². The van der Waals surface area contributed by atoms with Gasteiger partial charge < -0.3 is 24.6 Å². The van der Waals surface area contributed by atoms with Crippen LogP contribution in [0.4, 0.5) is 20.6 Å². The minimum atomic E-state index is -0.499. The zero-order valence-corrected chi connectivity index (χ0v) is 21.9. The lowest BCUT2D eigenvalue weighted by Crippen LogP contribution is -2.50. The van der Waals surface area contributed by atoms with Crippen LogP contribution in [-0.4, -0.2) is 74.4 Å². The largest absolute Gasteiger partial charge is 0.497 e. The lowest BCUT2D eigenvalue weighted by molar-refractivity contribution is -0.135. The van der Waals surface area contributed by atoms with Crippen molar-refractivity contribution in [3.8, 4) is 5.75 Å². The Hall–Kier alpha value is -3.40. The number of hydrogen-bond donors (Lipinski definition) is 1. The second kappa shape index (κ2) is 10.5. The smallest absolute Gasteiger partial charge is 0.414 e. The van der Waals surface area contributed by atoms with Gasteiger partial charge in [-0.05, 0) is 61.2 Å². The van der Waals surface area contributed by atoms with Crippen LogP contribution >= 0.6 is 12.2 Å². The molecule has 5 rings (SSSR count). The van der Waals surface area contributed by atoms with Crippen molar-refractivity contribution in [2.75, 3.05) is 56.2 Å². The summed E-state index contributed by atoms with van der Waals surface area (Å²) in [4.78, 5) is 31.4. The van der Waals surface area contributed by atoms with Crippen LogP contribution in [0.2, 0.25) is 0 Å². The number of hydrogen-bond acceptors (Lipinski definition) is 6. The summed E-state index contributed by atoms with van der Waals surface area (Å²) in [5.74, 6) is 0.512. The molecular formula is C27H31FN4O4S. The predicted octanol–water partition coefficient (Wildman–Crippen LogP) is 3.16. The third-order valence-electron chi connectivity index (χ3n) is 7.32. The maximum Gasteiger partial charge on any atom is 0.414 e. The van der Waals surface area contributed by atoms with Crippen LogP contribution in [0.25, 0.3) is 0 Å². The molecule has 0 spiro atoms. The van der Waals surface area contributed by atoms with E-state index in [1.807, 2.05) is 28.0 Å². The molecule has 2 atom stereocenters. The highest BCUT2D eigenvalue weighted by molar-refractivity contribution is 7.80. The fraction of sp³-hybridized carbons (Fsp3) is 0.444. The molecule has 3 aliphatic rings. The number of benzene rings is 2. The second-order valence-electron chi connectivity index (χ2n) is 9.74. The topological polar surface area (TPSA) is 74.3 Å². The highest BCUT2D eigenvalue weighted by atomic mass is 32.1. The number of carbonyl (C=O) groups excluding carboxylic acids is 2. The summed E-state index contributed by atoms with van der Waals surface area (Å²) >= 11 is 5.00. The summed E-state index contributed by atoms with van der Waals surface area (Å²) in [6.07, 6.45) is 0.618. The minimum absolute atomic E-state index is 0.0585. The SMILES string of the molecule is COc1ccc2c(c1)CC(C(=O)N1CCN(c3ccc(N4CC(CNC(C)=S)OC4=O)cc3F)CC1)C2. The van der Waals surface area contributed by atoms with E-state index in [1.165, 1.54) is 22.1 Å². The number of ether oxygens (including phenoxy) is 2. The average molecular weight is 527 g/mol. The number of halogens is 1. The van der Waals surface area contributed by atoms with Gasteiger partial charge in [-0.2, -0.15) is 0 Å². The fourth-order valence-electron chi connectivity index (χ4n) is 5.34. The molecule has 2 aromatic carbocycles. The molecule has 0 radical (unpaired) electrons. The normalized spacial score (nSPS) is 21.1. The second-order valence-corrected chi connectivity index (χ2v) is 10.4. The first-order chi connectivity index (χ1) is 17.8. The third-order valence-corrected chi connectivity index (χ3v) is 7.47. The van der Waals surface area contributed by atoms with Crippen molar-refractivity contribution in [3.05, 3.63) is 53.3 Å². The Kier molecular flexibility index (Phi) is 7.19. The molecule has 2 heterocycles. The fourth-order valence-corrected chi connectivity index (χ4v) is 5.42. The third kappa shape index (κ3) is 5.34. The minimum Gasteiger partial charge on any atom is -0.497 e. The molecule has 2 aromatic rings.